The highest BCUT2D eigenvalue weighted by Gasteiger charge is 2.29. The molecule has 5 nitrogen and oxygen atoms in total. The van der Waals surface area contributed by atoms with Crippen LogP contribution in [0.3, 0.4) is 0 Å². The van der Waals surface area contributed by atoms with Crippen molar-refractivity contribution in [3.8, 4) is 5.75 Å². The summed E-state index contributed by atoms with van der Waals surface area (Å²) in [5, 5.41) is 8.77. The maximum atomic E-state index is 13.9. The van der Waals surface area contributed by atoms with E-state index in [1.165, 1.54) is 12.0 Å². The van der Waals surface area contributed by atoms with Crippen molar-refractivity contribution in [2.45, 2.75) is 19.3 Å². The fourth-order valence-electron chi connectivity index (χ4n) is 2.68. The maximum absolute atomic E-state index is 13.9. The summed E-state index contributed by atoms with van der Waals surface area (Å²) in [6, 6.07) is 1.80. The van der Waals surface area contributed by atoms with E-state index in [-0.39, 0.29) is 12.3 Å². The molecular weight excluding hydrogens is 296 g/mol. The molecule has 1 aliphatic rings. The zero-order valence-electron chi connectivity index (χ0n) is 12.1. The predicted octanol–water partition coefficient (Wildman–Crippen LogP) is 2.30. The van der Waals surface area contributed by atoms with Gasteiger partial charge in [-0.25, -0.2) is 8.78 Å². The van der Waals surface area contributed by atoms with Gasteiger partial charge in [-0.15, -0.1) is 0 Å². The van der Waals surface area contributed by atoms with Crippen LogP contribution in [0.1, 0.15) is 29.6 Å². The van der Waals surface area contributed by atoms with E-state index in [1.807, 2.05) is 0 Å². The Morgan fingerprint density at radius 1 is 1.27 bits per heavy atom. The van der Waals surface area contributed by atoms with Crippen LogP contribution < -0.4 is 4.74 Å². The van der Waals surface area contributed by atoms with E-state index in [0.29, 0.717) is 25.9 Å². The van der Waals surface area contributed by atoms with Crippen LogP contribution in [0.5, 0.6) is 5.75 Å². The average molecular weight is 313 g/mol. The van der Waals surface area contributed by atoms with Gasteiger partial charge >= 0.3 is 5.97 Å². The van der Waals surface area contributed by atoms with Crippen molar-refractivity contribution in [3.05, 3.63) is 29.3 Å². The number of carboxylic acid groups (broad SMARTS) is 1. The van der Waals surface area contributed by atoms with E-state index in [2.05, 4.69) is 0 Å². The van der Waals surface area contributed by atoms with Crippen LogP contribution >= 0.6 is 0 Å². The fraction of sp³-hybridized carbons (Fsp3) is 0.467. The topological polar surface area (TPSA) is 66.8 Å². The van der Waals surface area contributed by atoms with Crippen molar-refractivity contribution in [2.75, 3.05) is 20.2 Å². The molecule has 1 N–H and O–H groups in total. The third-order valence-corrected chi connectivity index (χ3v) is 3.84. The molecule has 1 amide bonds. The van der Waals surface area contributed by atoms with Crippen molar-refractivity contribution in [2.24, 2.45) is 5.92 Å². The van der Waals surface area contributed by atoms with Gasteiger partial charge in [-0.1, -0.05) is 0 Å². The molecule has 0 atom stereocenters. The number of rotatable bonds is 4. The van der Waals surface area contributed by atoms with Gasteiger partial charge in [0.2, 0.25) is 0 Å². The number of nitrogens with zero attached hydrogens (tertiary/aromatic N) is 1. The standard InChI is InChI=1S/C15H17F2NO4/c1-22-14-11(17)3-2-10(16)13(14)15(21)18-6-4-9(5-7-18)8-12(19)20/h2-3,9H,4-8H2,1H3,(H,19,20). The summed E-state index contributed by atoms with van der Waals surface area (Å²) in [5.41, 5.74) is -0.417. The van der Waals surface area contributed by atoms with Gasteiger partial charge in [-0.2, -0.15) is 0 Å². The molecule has 1 fully saturated rings. The minimum Gasteiger partial charge on any atom is -0.493 e. The van der Waals surface area contributed by atoms with E-state index in [4.69, 9.17) is 9.84 Å². The zero-order valence-corrected chi connectivity index (χ0v) is 12.1. The predicted molar refractivity (Wildman–Crippen MR) is 73.8 cm³/mol. The van der Waals surface area contributed by atoms with Crippen LogP contribution in [0.25, 0.3) is 0 Å². The summed E-state index contributed by atoms with van der Waals surface area (Å²) >= 11 is 0. The summed E-state index contributed by atoms with van der Waals surface area (Å²) in [5.74, 6) is -3.55. The number of carbonyl (C=O) groups excluding carboxylic acids is 1. The third kappa shape index (κ3) is 3.35. The molecule has 0 radical (unpaired) electrons. The van der Waals surface area contributed by atoms with Crippen LogP contribution in [0, 0.1) is 17.6 Å². The Morgan fingerprint density at radius 3 is 2.41 bits per heavy atom. The van der Waals surface area contributed by atoms with Crippen LogP contribution in [0.15, 0.2) is 12.1 Å². The number of ether oxygens (including phenoxy) is 1. The number of piperidine rings is 1. The molecule has 22 heavy (non-hydrogen) atoms. The van der Waals surface area contributed by atoms with Crippen LogP contribution in [0.4, 0.5) is 8.78 Å². The first-order valence-electron chi connectivity index (χ1n) is 6.97. The first-order chi connectivity index (χ1) is 10.4. The molecule has 0 unspecified atom stereocenters. The second-order valence-corrected chi connectivity index (χ2v) is 5.27. The number of hydrogen-bond donors (Lipinski definition) is 1. The highest BCUT2D eigenvalue weighted by Crippen LogP contribution is 2.29. The molecule has 0 aromatic heterocycles. The Kier molecular flexibility index (Phi) is 4.95. The third-order valence-electron chi connectivity index (χ3n) is 3.84. The van der Waals surface area contributed by atoms with Gasteiger partial charge in [0.25, 0.3) is 5.91 Å². The number of hydrogen-bond acceptors (Lipinski definition) is 3. The lowest BCUT2D eigenvalue weighted by atomic mass is 9.93. The molecule has 0 saturated carbocycles. The van der Waals surface area contributed by atoms with Crippen LogP contribution in [0.2, 0.25) is 0 Å². The van der Waals surface area contributed by atoms with E-state index < -0.39 is 34.8 Å². The molecule has 1 heterocycles. The maximum Gasteiger partial charge on any atom is 0.303 e. The highest BCUT2D eigenvalue weighted by molar-refractivity contribution is 5.97. The molecule has 0 spiro atoms. The Bertz CT molecular complexity index is 583. The van der Waals surface area contributed by atoms with E-state index >= 15 is 0 Å². The van der Waals surface area contributed by atoms with Gasteiger partial charge in [-0.05, 0) is 30.9 Å². The van der Waals surface area contributed by atoms with Gasteiger partial charge in [0.1, 0.15) is 11.4 Å². The number of carbonyl (C=O) groups is 2. The van der Waals surface area contributed by atoms with Crippen molar-refractivity contribution in [1.29, 1.82) is 0 Å². The van der Waals surface area contributed by atoms with Crippen molar-refractivity contribution in [3.63, 3.8) is 0 Å². The van der Waals surface area contributed by atoms with Gasteiger partial charge in [0.15, 0.2) is 11.6 Å². The molecule has 7 heteroatoms. The summed E-state index contributed by atoms with van der Waals surface area (Å²) in [4.78, 5) is 24.5. The van der Waals surface area contributed by atoms with Crippen molar-refractivity contribution < 1.29 is 28.2 Å². The number of likely N-dealkylation sites (tertiary alicyclic amines) is 1. The quantitative estimate of drug-likeness (QED) is 0.926. The average Bonchev–Trinajstić information content (AvgIpc) is 2.48. The number of halogens is 2. The van der Waals surface area contributed by atoms with E-state index in [1.54, 1.807) is 0 Å². The Morgan fingerprint density at radius 2 is 1.86 bits per heavy atom. The SMILES string of the molecule is COc1c(F)ccc(F)c1C(=O)N1CCC(CC(=O)O)CC1. The van der Waals surface area contributed by atoms with Gasteiger partial charge in [0.05, 0.1) is 7.11 Å². The smallest absolute Gasteiger partial charge is 0.303 e. The number of methoxy groups -OCH3 is 1. The molecule has 120 valence electrons. The number of amides is 1. The fourth-order valence-corrected chi connectivity index (χ4v) is 2.68. The lowest BCUT2D eigenvalue weighted by Gasteiger charge is -2.31. The lowest BCUT2D eigenvalue weighted by Crippen LogP contribution is -2.39. The lowest BCUT2D eigenvalue weighted by molar-refractivity contribution is -0.138. The second-order valence-electron chi connectivity index (χ2n) is 5.27. The summed E-state index contributed by atoms with van der Waals surface area (Å²) in [7, 11) is 1.17. The zero-order chi connectivity index (χ0) is 16.3. The Hall–Kier alpha value is -2.18. The van der Waals surface area contributed by atoms with Crippen molar-refractivity contribution in [1.82, 2.24) is 4.90 Å². The Balaban J connectivity index is 2.14. The monoisotopic (exact) mass is 313 g/mol. The summed E-state index contributed by atoms with van der Waals surface area (Å²) in [6.45, 7) is 0.631. The molecule has 1 aromatic carbocycles. The van der Waals surface area contributed by atoms with Gasteiger partial charge in [0, 0.05) is 19.5 Å². The minimum absolute atomic E-state index is 0.000743. The van der Waals surface area contributed by atoms with E-state index in [9.17, 15) is 18.4 Å². The first-order valence-corrected chi connectivity index (χ1v) is 6.97. The molecule has 1 saturated heterocycles. The number of benzene rings is 1. The van der Waals surface area contributed by atoms with Crippen molar-refractivity contribution >= 4 is 11.9 Å². The molecule has 0 aliphatic carbocycles. The largest absolute Gasteiger partial charge is 0.493 e. The molecule has 2 rings (SSSR count). The van der Waals surface area contributed by atoms with Gasteiger partial charge < -0.3 is 14.7 Å². The summed E-state index contributed by atoms with van der Waals surface area (Å²) < 4.78 is 32.3. The van der Waals surface area contributed by atoms with Gasteiger partial charge in [-0.3, -0.25) is 9.59 Å². The normalized spacial score (nSPS) is 15.7. The first kappa shape index (κ1) is 16.2. The molecule has 1 aliphatic heterocycles. The van der Waals surface area contributed by atoms with Crippen LogP contribution in [-0.4, -0.2) is 42.1 Å². The molecule has 1 aromatic rings. The number of carboxylic acids is 1. The summed E-state index contributed by atoms with van der Waals surface area (Å²) in [6.07, 6.45) is 1.11. The van der Waals surface area contributed by atoms with E-state index in [0.717, 1.165) is 12.1 Å². The molecule has 0 bridgehead atoms. The molecular formula is C15H17F2NO4. The second kappa shape index (κ2) is 6.72. The highest BCUT2D eigenvalue weighted by atomic mass is 19.1. The van der Waals surface area contributed by atoms with Crippen LogP contribution in [-0.2, 0) is 4.79 Å². The Labute approximate surface area is 126 Å². The minimum atomic E-state index is -0.873. The number of aliphatic carboxylic acids is 1.